The van der Waals surface area contributed by atoms with Gasteiger partial charge in [0.25, 0.3) is 0 Å². The van der Waals surface area contributed by atoms with Crippen molar-refractivity contribution in [2.24, 2.45) is 0 Å². The zero-order valence-corrected chi connectivity index (χ0v) is 13.2. The monoisotopic (exact) mass is 280 g/mol. The average Bonchev–Trinajstić information content (AvgIpc) is 2.46. The minimum atomic E-state index is 0.955. The van der Waals surface area contributed by atoms with Gasteiger partial charge in [-0.15, -0.1) is 0 Å². The van der Waals surface area contributed by atoms with Crippen LogP contribution in [0.15, 0.2) is 36.4 Å². The predicted molar refractivity (Wildman–Crippen MR) is 91.3 cm³/mol. The fraction of sp³-hybridized carbons (Fsp3) is 0.368. The molecule has 3 rings (SSSR count). The summed E-state index contributed by atoms with van der Waals surface area (Å²) in [5.74, 6) is 0. The molecule has 21 heavy (non-hydrogen) atoms. The van der Waals surface area contributed by atoms with Crippen molar-refractivity contribution in [1.29, 1.82) is 0 Å². The average molecular weight is 280 g/mol. The summed E-state index contributed by atoms with van der Waals surface area (Å²) in [6, 6.07) is 13.6. The summed E-state index contributed by atoms with van der Waals surface area (Å²) in [7, 11) is 2.17. The SMILES string of the molecule is Cc1cc(C)cc(N(C)Cc2ccc3c(c2)CCCN3)c1. The molecular formula is C19H24N2. The third kappa shape index (κ3) is 3.21. The van der Waals surface area contributed by atoms with E-state index in [9.17, 15) is 0 Å². The van der Waals surface area contributed by atoms with E-state index >= 15 is 0 Å². The first-order chi connectivity index (χ1) is 10.1. The van der Waals surface area contributed by atoms with Gasteiger partial charge >= 0.3 is 0 Å². The van der Waals surface area contributed by atoms with E-state index in [0.717, 1.165) is 13.1 Å². The highest BCUT2D eigenvalue weighted by Crippen LogP contribution is 2.25. The normalized spacial score (nSPS) is 13.5. The lowest BCUT2D eigenvalue weighted by atomic mass is 10.0. The second-order valence-corrected chi connectivity index (χ2v) is 6.22. The minimum absolute atomic E-state index is 0.955. The van der Waals surface area contributed by atoms with Crippen molar-refractivity contribution in [3.8, 4) is 0 Å². The molecule has 2 nitrogen and oxygen atoms in total. The Bertz CT molecular complexity index is 626. The quantitative estimate of drug-likeness (QED) is 0.902. The summed E-state index contributed by atoms with van der Waals surface area (Å²) in [6.45, 7) is 6.38. The third-order valence-corrected chi connectivity index (χ3v) is 4.17. The van der Waals surface area contributed by atoms with E-state index in [2.05, 4.69) is 67.5 Å². The molecule has 0 spiro atoms. The van der Waals surface area contributed by atoms with Crippen molar-refractivity contribution in [2.75, 3.05) is 23.8 Å². The van der Waals surface area contributed by atoms with Gasteiger partial charge < -0.3 is 10.2 Å². The molecule has 110 valence electrons. The number of benzene rings is 2. The first-order valence-corrected chi connectivity index (χ1v) is 7.77. The summed E-state index contributed by atoms with van der Waals surface area (Å²) in [4.78, 5) is 2.33. The van der Waals surface area contributed by atoms with Gasteiger partial charge in [-0.1, -0.05) is 18.2 Å². The Labute approximate surface area is 127 Å². The molecule has 0 saturated heterocycles. The van der Waals surface area contributed by atoms with Gasteiger partial charge in [-0.05, 0) is 67.1 Å². The molecule has 1 aliphatic heterocycles. The topological polar surface area (TPSA) is 15.3 Å². The van der Waals surface area contributed by atoms with Gasteiger partial charge in [0.1, 0.15) is 0 Å². The van der Waals surface area contributed by atoms with Crippen LogP contribution in [-0.2, 0) is 13.0 Å². The second-order valence-electron chi connectivity index (χ2n) is 6.22. The van der Waals surface area contributed by atoms with Crippen molar-refractivity contribution in [3.05, 3.63) is 58.7 Å². The van der Waals surface area contributed by atoms with E-state index in [-0.39, 0.29) is 0 Å². The maximum Gasteiger partial charge on any atom is 0.0426 e. The highest BCUT2D eigenvalue weighted by molar-refractivity contribution is 5.56. The van der Waals surface area contributed by atoms with Gasteiger partial charge in [-0.3, -0.25) is 0 Å². The summed E-state index contributed by atoms with van der Waals surface area (Å²) >= 11 is 0. The molecule has 1 N–H and O–H groups in total. The molecule has 0 radical (unpaired) electrons. The Kier molecular flexibility index (Phi) is 3.87. The van der Waals surface area contributed by atoms with Crippen LogP contribution in [0.25, 0.3) is 0 Å². The molecule has 1 aliphatic rings. The Morgan fingerprint density at radius 2 is 1.81 bits per heavy atom. The maximum atomic E-state index is 3.48. The molecule has 0 atom stereocenters. The van der Waals surface area contributed by atoms with Crippen LogP contribution in [0.5, 0.6) is 0 Å². The number of nitrogens with zero attached hydrogens (tertiary/aromatic N) is 1. The summed E-state index contributed by atoms with van der Waals surface area (Å²) in [6.07, 6.45) is 2.44. The number of rotatable bonds is 3. The number of fused-ring (bicyclic) bond motifs is 1. The molecule has 0 unspecified atom stereocenters. The first-order valence-electron chi connectivity index (χ1n) is 7.77. The van der Waals surface area contributed by atoms with E-state index in [1.807, 2.05) is 0 Å². The molecule has 0 aliphatic carbocycles. The van der Waals surface area contributed by atoms with Crippen LogP contribution < -0.4 is 10.2 Å². The summed E-state index contributed by atoms with van der Waals surface area (Å²) < 4.78 is 0. The molecular weight excluding hydrogens is 256 g/mol. The zero-order valence-electron chi connectivity index (χ0n) is 13.2. The molecule has 0 saturated carbocycles. The number of anilines is 2. The van der Waals surface area contributed by atoms with E-state index in [0.29, 0.717) is 0 Å². The van der Waals surface area contributed by atoms with Crippen molar-refractivity contribution in [2.45, 2.75) is 33.2 Å². The number of hydrogen-bond donors (Lipinski definition) is 1. The van der Waals surface area contributed by atoms with Crippen LogP contribution >= 0.6 is 0 Å². The molecule has 1 heterocycles. The van der Waals surface area contributed by atoms with Gasteiger partial charge in [-0.2, -0.15) is 0 Å². The summed E-state index contributed by atoms with van der Waals surface area (Å²) in [5.41, 5.74) is 8.12. The first kappa shape index (κ1) is 14.0. The molecule has 2 heteroatoms. The lowest BCUT2D eigenvalue weighted by molar-refractivity contribution is 0.824. The van der Waals surface area contributed by atoms with Gasteiger partial charge in [0, 0.05) is 31.5 Å². The fourth-order valence-electron chi connectivity index (χ4n) is 3.16. The molecule has 2 aromatic carbocycles. The van der Waals surface area contributed by atoms with E-state index in [1.54, 1.807) is 0 Å². The number of aryl methyl sites for hydroxylation is 3. The van der Waals surface area contributed by atoms with Gasteiger partial charge in [0.15, 0.2) is 0 Å². The highest BCUT2D eigenvalue weighted by Gasteiger charge is 2.10. The number of nitrogens with one attached hydrogen (secondary N) is 1. The van der Waals surface area contributed by atoms with Crippen LogP contribution in [-0.4, -0.2) is 13.6 Å². The molecule has 0 fully saturated rings. The smallest absolute Gasteiger partial charge is 0.0426 e. The Hall–Kier alpha value is -1.96. The second kappa shape index (κ2) is 5.80. The Morgan fingerprint density at radius 1 is 1.05 bits per heavy atom. The number of hydrogen-bond acceptors (Lipinski definition) is 2. The molecule has 0 bridgehead atoms. The minimum Gasteiger partial charge on any atom is -0.385 e. The predicted octanol–water partition coefficient (Wildman–Crippen LogP) is 4.30. The van der Waals surface area contributed by atoms with Crippen LogP contribution in [0, 0.1) is 13.8 Å². The molecule has 2 aromatic rings. The van der Waals surface area contributed by atoms with E-state index < -0.39 is 0 Å². The van der Waals surface area contributed by atoms with Gasteiger partial charge in [0.2, 0.25) is 0 Å². The lowest BCUT2D eigenvalue weighted by Crippen LogP contribution is -2.17. The highest BCUT2D eigenvalue weighted by atomic mass is 15.1. The van der Waals surface area contributed by atoms with Crippen LogP contribution in [0.4, 0.5) is 11.4 Å². The van der Waals surface area contributed by atoms with E-state index in [1.165, 1.54) is 46.5 Å². The van der Waals surface area contributed by atoms with E-state index in [4.69, 9.17) is 0 Å². The third-order valence-electron chi connectivity index (χ3n) is 4.17. The fourth-order valence-corrected chi connectivity index (χ4v) is 3.16. The molecule has 0 amide bonds. The van der Waals surface area contributed by atoms with Crippen LogP contribution in [0.2, 0.25) is 0 Å². The molecule has 0 aromatic heterocycles. The van der Waals surface area contributed by atoms with Crippen molar-refractivity contribution in [1.82, 2.24) is 0 Å². The van der Waals surface area contributed by atoms with Crippen molar-refractivity contribution >= 4 is 11.4 Å². The van der Waals surface area contributed by atoms with Crippen LogP contribution in [0.1, 0.15) is 28.7 Å². The van der Waals surface area contributed by atoms with Crippen molar-refractivity contribution < 1.29 is 0 Å². The zero-order chi connectivity index (χ0) is 14.8. The van der Waals surface area contributed by atoms with Crippen molar-refractivity contribution in [3.63, 3.8) is 0 Å². The summed E-state index contributed by atoms with van der Waals surface area (Å²) in [5, 5.41) is 3.48. The van der Waals surface area contributed by atoms with Gasteiger partial charge in [0.05, 0.1) is 0 Å². The standard InChI is InChI=1S/C19H24N2/c1-14-9-15(2)11-18(10-14)21(3)13-16-6-7-19-17(12-16)5-4-8-20-19/h6-7,9-12,20H,4-5,8,13H2,1-3H3. The van der Waals surface area contributed by atoms with Gasteiger partial charge in [-0.25, -0.2) is 0 Å². The van der Waals surface area contributed by atoms with Crippen LogP contribution in [0.3, 0.4) is 0 Å². The maximum absolute atomic E-state index is 3.48. The Morgan fingerprint density at radius 3 is 2.57 bits per heavy atom. The Balaban J connectivity index is 1.79. The lowest BCUT2D eigenvalue weighted by Gasteiger charge is -2.23. The largest absolute Gasteiger partial charge is 0.385 e.